The number of carbonyl (C=O) groups excluding carboxylic acids is 1. The van der Waals surface area contributed by atoms with Crippen LogP contribution in [-0.4, -0.2) is 58.2 Å². The lowest BCUT2D eigenvalue weighted by atomic mass is 10.1. The van der Waals surface area contributed by atoms with Gasteiger partial charge in [-0.25, -0.2) is 4.79 Å². The van der Waals surface area contributed by atoms with Gasteiger partial charge in [0.15, 0.2) is 0 Å². The summed E-state index contributed by atoms with van der Waals surface area (Å²) in [6.07, 6.45) is 3.20. The summed E-state index contributed by atoms with van der Waals surface area (Å²) in [4.78, 5) is 33.6. The van der Waals surface area contributed by atoms with Crippen LogP contribution in [0.5, 0.6) is 0 Å². The lowest BCUT2D eigenvalue weighted by molar-refractivity contribution is 0.102. The number of piperazine rings is 1. The van der Waals surface area contributed by atoms with E-state index in [2.05, 4.69) is 27.1 Å². The van der Waals surface area contributed by atoms with E-state index in [0.29, 0.717) is 11.3 Å². The molecule has 3 aromatic rings. The van der Waals surface area contributed by atoms with Gasteiger partial charge in [-0.1, -0.05) is 0 Å². The lowest BCUT2D eigenvalue weighted by Crippen LogP contribution is -2.44. The minimum absolute atomic E-state index is 0.0862. The van der Waals surface area contributed by atoms with Crippen molar-refractivity contribution in [2.75, 3.05) is 43.4 Å². The molecule has 4 rings (SSSR count). The van der Waals surface area contributed by atoms with Gasteiger partial charge in [0.2, 0.25) is 0 Å². The molecule has 0 radical (unpaired) electrons. The van der Waals surface area contributed by atoms with E-state index in [-0.39, 0.29) is 11.6 Å². The smallest absolute Gasteiger partial charge is 0.328 e. The highest BCUT2D eigenvalue weighted by molar-refractivity contribution is 6.07. The van der Waals surface area contributed by atoms with Crippen molar-refractivity contribution in [2.24, 2.45) is 14.1 Å². The zero-order chi connectivity index (χ0) is 19.8. The highest BCUT2D eigenvalue weighted by Crippen LogP contribution is 2.32. The Hall–Kier alpha value is -3.13. The van der Waals surface area contributed by atoms with Crippen LogP contribution in [0.1, 0.15) is 10.4 Å². The molecule has 3 heterocycles. The molecule has 1 aliphatic heterocycles. The Balaban J connectivity index is 1.80. The molecule has 28 heavy (non-hydrogen) atoms. The van der Waals surface area contributed by atoms with Crippen LogP contribution in [0.4, 0.5) is 11.4 Å². The number of likely N-dealkylation sites (N-methyl/N-ethyl adjacent to an activating group) is 1. The summed E-state index contributed by atoms with van der Waals surface area (Å²) in [6, 6.07) is 7.26. The SMILES string of the molecule is CN1CCN(c2cc3c(cc2NC(=O)c2ccncc2)n(C)c(=O)n3C)CC1. The molecule has 2 aromatic heterocycles. The zero-order valence-electron chi connectivity index (χ0n) is 16.3. The van der Waals surface area contributed by atoms with E-state index in [1.807, 2.05) is 12.1 Å². The summed E-state index contributed by atoms with van der Waals surface area (Å²) in [5.41, 5.74) is 3.74. The fraction of sp³-hybridized carbons (Fsp3) is 0.350. The average molecular weight is 380 g/mol. The Bertz CT molecular complexity index is 1080. The second kappa shape index (κ2) is 7.12. The third-order valence-corrected chi connectivity index (χ3v) is 5.42. The van der Waals surface area contributed by atoms with E-state index in [1.54, 1.807) is 47.8 Å². The number of hydrogen-bond donors (Lipinski definition) is 1. The maximum absolute atomic E-state index is 12.8. The topological polar surface area (TPSA) is 75.4 Å². The first-order chi connectivity index (χ1) is 13.5. The quantitative estimate of drug-likeness (QED) is 0.741. The first-order valence-corrected chi connectivity index (χ1v) is 9.30. The van der Waals surface area contributed by atoms with Crippen molar-refractivity contribution in [2.45, 2.75) is 0 Å². The van der Waals surface area contributed by atoms with Crippen molar-refractivity contribution >= 4 is 28.3 Å². The van der Waals surface area contributed by atoms with Gasteiger partial charge in [0.25, 0.3) is 5.91 Å². The molecule has 1 amide bonds. The van der Waals surface area contributed by atoms with Crippen LogP contribution in [0.25, 0.3) is 11.0 Å². The zero-order valence-corrected chi connectivity index (χ0v) is 16.3. The van der Waals surface area contributed by atoms with E-state index in [9.17, 15) is 9.59 Å². The average Bonchev–Trinajstić information content (AvgIpc) is 2.92. The van der Waals surface area contributed by atoms with Crippen molar-refractivity contribution in [3.63, 3.8) is 0 Å². The second-order valence-electron chi connectivity index (χ2n) is 7.24. The predicted octanol–water partition coefficient (Wildman–Crippen LogP) is 1.28. The normalized spacial score (nSPS) is 15.2. The van der Waals surface area contributed by atoms with Crippen LogP contribution in [-0.2, 0) is 14.1 Å². The van der Waals surface area contributed by atoms with E-state index in [0.717, 1.165) is 42.9 Å². The molecular formula is C20H24N6O2. The van der Waals surface area contributed by atoms with Crippen LogP contribution in [0, 0.1) is 0 Å². The summed E-state index contributed by atoms with van der Waals surface area (Å²) < 4.78 is 3.24. The Labute approximate surface area is 163 Å². The summed E-state index contributed by atoms with van der Waals surface area (Å²) in [7, 11) is 5.62. The van der Waals surface area contributed by atoms with Crippen LogP contribution in [0.15, 0.2) is 41.5 Å². The number of nitrogens with one attached hydrogen (secondary N) is 1. The number of amides is 1. The highest BCUT2D eigenvalue weighted by atomic mass is 16.2. The molecule has 0 bridgehead atoms. The number of rotatable bonds is 3. The van der Waals surface area contributed by atoms with Crippen molar-refractivity contribution in [3.8, 4) is 0 Å². The number of benzene rings is 1. The third-order valence-electron chi connectivity index (χ3n) is 5.42. The van der Waals surface area contributed by atoms with Gasteiger partial charge in [-0.2, -0.15) is 0 Å². The third kappa shape index (κ3) is 3.16. The van der Waals surface area contributed by atoms with Crippen LogP contribution in [0.2, 0.25) is 0 Å². The maximum atomic E-state index is 12.8. The van der Waals surface area contributed by atoms with Crippen LogP contribution < -0.4 is 15.9 Å². The van der Waals surface area contributed by atoms with E-state index < -0.39 is 0 Å². The van der Waals surface area contributed by atoms with Crippen LogP contribution in [0.3, 0.4) is 0 Å². The molecule has 0 aliphatic carbocycles. The summed E-state index contributed by atoms with van der Waals surface area (Å²) >= 11 is 0. The molecule has 0 atom stereocenters. The number of nitrogens with zero attached hydrogens (tertiary/aromatic N) is 5. The molecule has 8 heteroatoms. The predicted molar refractivity (Wildman–Crippen MR) is 110 cm³/mol. The van der Waals surface area contributed by atoms with Gasteiger partial charge in [0, 0.05) is 58.2 Å². The molecule has 1 aliphatic rings. The molecule has 0 spiro atoms. The van der Waals surface area contributed by atoms with Gasteiger partial charge in [0.05, 0.1) is 22.4 Å². The van der Waals surface area contributed by atoms with E-state index >= 15 is 0 Å². The van der Waals surface area contributed by atoms with Gasteiger partial charge >= 0.3 is 5.69 Å². The van der Waals surface area contributed by atoms with Gasteiger partial charge in [0.1, 0.15) is 0 Å². The summed E-state index contributed by atoms with van der Waals surface area (Å²) in [5, 5.41) is 3.04. The summed E-state index contributed by atoms with van der Waals surface area (Å²) in [5.74, 6) is -0.196. The van der Waals surface area contributed by atoms with E-state index in [1.165, 1.54) is 0 Å². The van der Waals surface area contributed by atoms with E-state index in [4.69, 9.17) is 0 Å². The van der Waals surface area contributed by atoms with Crippen molar-refractivity contribution in [3.05, 3.63) is 52.7 Å². The second-order valence-corrected chi connectivity index (χ2v) is 7.24. The minimum atomic E-state index is -0.196. The molecular weight excluding hydrogens is 356 g/mol. The molecule has 0 unspecified atom stereocenters. The fourth-order valence-corrected chi connectivity index (χ4v) is 3.64. The van der Waals surface area contributed by atoms with Crippen molar-refractivity contribution in [1.29, 1.82) is 0 Å². The lowest BCUT2D eigenvalue weighted by Gasteiger charge is -2.35. The Morgan fingerprint density at radius 3 is 2.21 bits per heavy atom. The Morgan fingerprint density at radius 2 is 1.57 bits per heavy atom. The Morgan fingerprint density at radius 1 is 0.964 bits per heavy atom. The molecule has 1 N–H and O–H groups in total. The fourth-order valence-electron chi connectivity index (χ4n) is 3.64. The number of carbonyl (C=O) groups is 1. The number of aromatic nitrogens is 3. The summed E-state index contributed by atoms with van der Waals surface area (Å²) in [6.45, 7) is 3.62. The first-order valence-electron chi connectivity index (χ1n) is 9.30. The Kier molecular flexibility index (Phi) is 4.64. The number of aryl methyl sites for hydroxylation is 2. The number of pyridine rings is 1. The molecule has 8 nitrogen and oxygen atoms in total. The van der Waals surface area contributed by atoms with Crippen molar-refractivity contribution in [1.82, 2.24) is 19.0 Å². The molecule has 0 saturated carbocycles. The minimum Gasteiger partial charge on any atom is -0.367 e. The van der Waals surface area contributed by atoms with Crippen molar-refractivity contribution < 1.29 is 4.79 Å². The van der Waals surface area contributed by atoms with Crippen LogP contribution >= 0.6 is 0 Å². The monoisotopic (exact) mass is 380 g/mol. The number of fused-ring (bicyclic) bond motifs is 1. The standard InChI is InChI=1S/C20H24N6O2/c1-23-8-10-26(11-9-23)16-13-18-17(24(2)20(28)25(18)3)12-15(16)22-19(27)14-4-6-21-7-5-14/h4-7,12-13H,8-11H2,1-3H3,(H,22,27). The van der Waals surface area contributed by atoms with Gasteiger partial charge in [-0.15, -0.1) is 0 Å². The molecule has 146 valence electrons. The molecule has 1 fully saturated rings. The number of hydrogen-bond acceptors (Lipinski definition) is 5. The number of imidazole rings is 1. The van der Waals surface area contributed by atoms with Gasteiger partial charge in [-0.05, 0) is 31.3 Å². The maximum Gasteiger partial charge on any atom is 0.328 e. The first kappa shape index (κ1) is 18.2. The largest absolute Gasteiger partial charge is 0.367 e. The van der Waals surface area contributed by atoms with Gasteiger partial charge < -0.3 is 15.1 Å². The molecule has 1 aromatic carbocycles. The number of anilines is 2. The highest BCUT2D eigenvalue weighted by Gasteiger charge is 2.21. The molecule has 1 saturated heterocycles. The van der Waals surface area contributed by atoms with Gasteiger partial charge in [-0.3, -0.25) is 18.9 Å².